The van der Waals surface area contributed by atoms with Crippen LogP contribution >= 0.6 is 0 Å². The summed E-state index contributed by atoms with van der Waals surface area (Å²) < 4.78 is 20.3. The summed E-state index contributed by atoms with van der Waals surface area (Å²) in [4.78, 5) is 25.8. The summed E-state index contributed by atoms with van der Waals surface area (Å²) in [7, 11) is 1.60. The molecular formula is C24H26FN3O4. The van der Waals surface area contributed by atoms with Crippen LogP contribution in [0.15, 0.2) is 60.8 Å². The molecule has 0 radical (unpaired) electrons. The molecular weight excluding hydrogens is 413 g/mol. The van der Waals surface area contributed by atoms with Crippen LogP contribution in [0.1, 0.15) is 33.6 Å². The molecule has 0 spiro atoms. The molecule has 3 aromatic rings. The van der Waals surface area contributed by atoms with E-state index in [0.29, 0.717) is 38.2 Å². The number of hydrogen-bond acceptors (Lipinski definition) is 4. The van der Waals surface area contributed by atoms with Gasteiger partial charge in [0.2, 0.25) is 0 Å². The van der Waals surface area contributed by atoms with Crippen LogP contribution < -0.4 is 0 Å². The van der Waals surface area contributed by atoms with E-state index in [9.17, 15) is 19.3 Å². The number of rotatable bonds is 10. The summed E-state index contributed by atoms with van der Waals surface area (Å²) in [5, 5.41) is 11.3. The minimum atomic E-state index is -0.477. The van der Waals surface area contributed by atoms with E-state index >= 15 is 0 Å². The molecule has 0 N–H and O–H groups in total. The second-order valence-corrected chi connectivity index (χ2v) is 7.59. The molecule has 0 atom stereocenters. The predicted octanol–water partition coefficient (Wildman–Crippen LogP) is 4.57. The van der Waals surface area contributed by atoms with Crippen molar-refractivity contribution in [1.82, 2.24) is 9.47 Å². The first-order valence-electron chi connectivity index (χ1n) is 10.3. The van der Waals surface area contributed by atoms with Crippen LogP contribution in [0.2, 0.25) is 0 Å². The van der Waals surface area contributed by atoms with Gasteiger partial charge in [-0.25, -0.2) is 4.39 Å². The van der Waals surface area contributed by atoms with Gasteiger partial charge >= 0.3 is 0 Å². The van der Waals surface area contributed by atoms with Gasteiger partial charge in [-0.2, -0.15) is 0 Å². The number of carbonyl (C=O) groups excluding carboxylic acids is 1. The van der Waals surface area contributed by atoms with Crippen molar-refractivity contribution >= 4 is 11.6 Å². The zero-order chi connectivity index (χ0) is 23.1. The monoisotopic (exact) mass is 439 g/mol. The minimum absolute atomic E-state index is 0.0765. The Morgan fingerprint density at radius 1 is 1.19 bits per heavy atom. The van der Waals surface area contributed by atoms with Gasteiger partial charge in [0.1, 0.15) is 5.82 Å². The molecule has 0 aliphatic carbocycles. The van der Waals surface area contributed by atoms with Crippen molar-refractivity contribution in [2.45, 2.75) is 26.4 Å². The SMILES string of the molecule is COCCCN(Cc1cccn1Cc1ccc(F)cc1)C(=O)c1ccc(C)c([N+](=O)[O-])c1. The number of amides is 1. The number of hydrogen-bond donors (Lipinski definition) is 0. The van der Waals surface area contributed by atoms with Gasteiger partial charge in [-0.1, -0.05) is 18.2 Å². The van der Waals surface area contributed by atoms with Gasteiger partial charge in [0.05, 0.1) is 11.5 Å². The summed E-state index contributed by atoms with van der Waals surface area (Å²) in [6.45, 7) is 3.45. The highest BCUT2D eigenvalue weighted by Gasteiger charge is 2.21. The maximum Gasteiger partial charge on any atom is 0.273 e. The molecule has 32 heavy (non-hydrogen) atoms. The quantitative estimate of drug-likeness (QED) is 0.263. The maximum atomic E-state index is 13.3. The van der Waals surface area contributed by atoms with Crippen molar-refractivity contribution in [3.8, 4) is 0 Å². The summed E-state index contributed by atoms with van der Waals surface area (Å²) >= 11 is 0. The first-order chi connectivity index (χ1) is 15.4. The number of benzene rings is 2. The molecule has 3 rings (SSSR count). The Hall–Kier alpha value is -3.52. The van der Waals surface area contributed by atoms with Gasteiger partial charge < -0.3 is 14.2 Å². The number of aryl methyl sites for hydroxylation is 1. The van der Waals surface area contributed by atoms with E-state index < -0.39 is 4.92 Å². The van der Waals surface area contributed by atoms with Gasteiger partial charge in [0.15, 0.2) is 0 Å². The van der Waals surface area contributed by atoms with Crippen LogP contribution in [0.3, 0.4) is 0 Å². The van der Waals surface area contributed by atoms with E-state index in [4.69, 9.17) is 4.74 Å². The fraction of sp³-hybridized carbons (Fsp3) is 0.292. The summed E-state index contributed by atoms with van der Waals surface area (Å²) in [5.74, 6) is -0.567. The molecule has 8 heteroatoms. The predicted molar refractivity (Wildman–Crippen MR) is 119 cm³/mol. The van der Waals surface area contributed by atoms with Crippen molar-refractivity contribution in [3.63, 3.8) is 0 Å². The lowest BCUT2D eigenvalue weighted by Crippen LogP contribution is -2.33. The van der Waals surface area contributed by atoms with Gasteiger partial charge in [0.25, 0.3) is 11.6 Å². The third kappa shape index (κ3) is 5.79. The minimum Gasteiger partial charge on any atom is -0.385 e. The number of aromatic nitrogens is 1. The van der Waals surface area contributed by atoms with E-state index in [0.717, 1.165) is 11.3 Å². The van der Waals surface area contributed by atoms with Gasteiger partial charge in [-0.3, -0.25) is 14.9 Å². The van der Waals surface area contributed by atoms with Gasteiger partial charge in [-0.05, 0) is 49.2 Å². The summed E-state index contributed by atoms with van der Waals surface area (Å²) in [5.41, 5.74) is 2.55. The fourth-order valence-corrected chi connectivity index (χ4v) is 3.50. The van der Waals surface area contributed by atoms with Crippen molar-refractivity contribution in [3.05, 3.63) is 99.1 Å². The molecule has 0 unspecified atom stereocenters. The molecule has 1 aromatic heterocycles. The molecule has 0 saturated heterocycles. The lowest BCUT2D eigenvalue weighted by Gasteiger charge is -2.24. The highest BCUT2D eigenvalue weighted by Crippen LogP contribution is 2.21. The van der Waals surface area contributed by atoms with E-state index in [2.05, 4.69) is 0 Å². The standard InChI is InChI=1S/C24H26FN3O4/c1-18-6-9-20(15-23(18)28(30)31)24(29)27(13-4-14-32-2)17-22-5-3-12-26(22)16-19-7-10-21(25)11-8-19/h3,5-12,15H,4,13-14,16-17H2,1-2H3. The molecule has 2 aromatic carbocycles. The second-order valence-electron chi connectivity index (χ2n) is 7.59. The Bertz CT molecular complexity index is 1080. The van der Waals surface area contributed by atoms with Crippen molar-refractivity contribution in [2.24, 2.45) is 0 Å². The molecule has 168 valence electrons. The normalized spacial score (nSPS) is 10.8. The smallest absolute Gasteiger partial charge is 0.273 e. The van der Waals surface area contributed by atoms with E-state index in [1.807, 2.05) is 22.9 Å². The molecule has 0 aliphatic heterocycles. The highest BCUT2D eigenvalue weighted by atomic mass is 19.1. The molecule has 1 heterocycles. The lowest BCUT2D eigenvalue weighted by atomic mass is 10.1. The Morgan fingerprint density at radius 3 is 2.62 bits per heavy atom. The number of nitro benzene ring substituents is 1. The Balaban J connectivity index is 1.83. The van der Waals surface area contributed by atoms with E-state index in [1.54, 1.807) is 43.2 Å². The Kier molecular flexibility index (Phi) is 7.72. The van der Waals surface area contributed by atoms with Crippen molar-refractivity contribution in [2.75, 3.05) is 20.3 Å². The van der Waals surface area contributed by atoms with Crippen molar-refractivity contribution < 1.29 is 18.8 Å². The van der Waals surface area contributed by atoms with Crippen LogP contribution in [-0.2, 0) is 17.8 Å². The average Bonchev–Trinajstić information content (AvgIpc) is 3.21. The van der Waals surface area contributed by atoms with Crippen LogP contribution in [0.5, 0.6) is 0 Å². The van der Waals surface area contributed by atoms with Crippen LogP contribution in [-0.4, -0.2) is 40.6 Å². The van der Waals surface area contributed by atoms with Gasteiger partial charge in [-0.15, -0.1) is 0 Å². The summed E-state index contributed by atoms with van der Waals surface area (Å²) in [6, 6.07) is 14.7. The number of nitro groups is 1. The average molecular weight is 439 g/mol. The first-order valence-corrected chi connectivity index (χ1v) is 10.3. The highest BCUT2D eigenvalue weighted by molar-refractivity contribution is 5.95. The largest absolute Gasteiger partial charge is 0.385 e. The van der Waals surface area contributed by atoms with Gasteiger partial charge in [0, 0.05) is 55.9 Å². The zero-order valence-electron chi connectivity index (χ0n) is 18.2. The molecule has 1 amide bonds. The summed E-state index contributed by atoms with van der Waals surface area (Å²) in [6.07, 6.45) is 2.54. The Labute approximate surface area is 186 Å². The molecule has 0 fully saturated rings. The number of nitrogens with zero attached hydrogens (tertiary/aromatic N) is 3. The molecule has 0 aliphatic rings. The number of carbonyl (C=O) groups is 1. The van der Waals surface area contributed by atoms with E-state index in [1.165, 1.54) is 18.2 Å². The van der Waals surface area contributed by atoms with Crippen molar-refractivity contribution in [1.29, 1.82) is 0 Å². The number of ether oxygens (including phenoxy) is 1. The zero-order valence-corrected chi connectivity index (χ0v) is 18.2. The third-order valence-corrected chi connectivity index (χ3v) is 5.26. The third-order valence-electron chi connectivity index (χ3n) is 5.26. The molecule has 0 bridgehead atoms. The molecule has 0 saturated carbocycles. The van der Waals surface area contributed by atoms with Crippen LogP contribution in [0.4, 0.5) is 10.1 Å². The first kappa shape index (κ1) is 23.1. The Morgan fingerprint density at radius 2 is 1.94 bits per heavy atom. The maximum absolute atomic E-state index is 13.3. The second kappa shape index (κ2) is 10.7. The molecule has 7 nitrogen and oxygen atoms in total. The van der Waals surface area contributed by atoms with Crippen LogP contribution in [0, 0.1) is 22.9 Å². The van der Waals surface area contributed by atoms with E-state index in [-0.39, 0.29) is 23.0 Å². The fourth-order valence-electron chi connectivity index (χ4n) is 3.50. The lowest BCUT2D eigenvalue weighted by molar-refractivity contribution is -0.385. The topological polar surface area (TPSA) is 77.6 Å². The number of methoxy groups -OCH3 is 1. The van der Waals surface area contributed by atoms with Crippen LogP contribution in [0.25, 0.3) is 0 Å². The number of halogens is 1.